The number of pyridine rings is 1. The summed E-state index contributed by atoms with van der Waals surface area (Å²) in [5.41, 5.74) is 6.83. The van der Waals surface area contributed by atoms with Gasteiger partial charge in [-0.2, -0.15) is 5.10 Å². The van der Waals surface area contributed by atoms with E-state index in [1.54, 1.807) is 28.9 Å². The molecule has 35 heavy (non-hydrogen) atoms. The zero-order valence-electron chi connectivity index (χ0n) is 18.9. The Balaban J connectivity index is 1.46. The normalized spacial score (nSPS) is 11.3. The van der Waals surface area contributed by atoms with Gasteiger partial charge in [-0.1, -0.05) is 18.2 Å². The summed E-state index contributed by atoms with van der Waals surface area (Å²) in [5, 5.41) is 4.20. The molecule has 0 fully saturated rings. The van der Waals surface area contributed by atoms with E-state index in [-0.39, 0.29) is 11.7 Å². The van der Waals surface area contributed by atoms with Crippen LogP contribution in [-0.4, -0.2) is 26.9 Å². The van der Waals surface area contributed by atoms with Gasteiger partial charge in [-0.25, -0.2) is 9.82 Å². The van der Waals surface area contributed by atoms with Gasteiger partial charge in [-0.15, -0.1) is 0 Å². The van der Waals surface area contributed by atoms with Crippen molar-refractivity contribution in [3.8, 4) is 5.69 Å². The minimum atomic E-state index is -0.403. The van der Waals surface area contributed by atoms with Gasteiger partial charge < -0.3 is 8.97 Å². The molecule has 172 valence electrons. The first-order valence-electron chi connectivity index (χ1n) is 11.0. The number of halogens is 1. The topological polar surface area (TPSA) is 67.9 Å². The van der Waals surface area contributed by atoms with E-state index in [1.807, 2.05) is 66.3 Å². The van der Waals surface area contributed by atoms with Gasteiger partial charge in [0.15, 0.2) is 0 Å². The molecule has 2 aromatic carbocycles. The Bertz CT molecular complexity index is 1560. The Morgan fingerprint density at radius 3 is 2.34 bits per heavy atom. The van der Waals surface area contributed by atoms with E-state index in [0.29, 0.717) is 27.9 Å². The number of fused-ring (bicyclic) bond motifs is 1. The highest BCUT2D eigenvalue weighted by molar-refractivity contribution is 6.12. The van der Waals surface area contributed by atoms with Crippen molar-refractivity contribution in [2.75, 3.05) is 0 Å². The maximum Gasteiger partial charge on any atom is 0.273 e. The van der Waals surface area contributed by atoms with Crippen molar-refractivity contribution in [1.82, 2.24) is 14.4 Å². The molecule has 6 nitrogen and oxygen atoms in total. The van der Waals surface area contributed by atoms with Crippen LogP contribution in [-0.2, 0) is 0 Å². The van der Waals surface area contributed by atoms with Crippen molar-refractivity contribution in [3.63, 3.8) is 0 Å². The van der Waals surface area contributed by atoms with Crippen LogP contribution < -0.4 is 5.43 Å². The fourth-order valence-corrected chi connectivity index (χ4v) is 4.14. The summed E-state index contributed by atoms with van der Waals surface area (Å²) in [7, 11) is 0. The summed E-state index contributed by atoms with van der Waals surface area (Å²) in [6.45, 7) is 1.83. The molecule has 1 amide bonds. The van der Waals surface area contributed by atoms with E-state index in [2.05, 4.69) is 10.5 Å². The number of hydrogen-bond acceptors (Lipinski definition) is 3. The summed E-state index contributed by atoms with van der Waals surface area (Å²) >= 11 is 0. The molecule has 5 rings (SSSR count). The van der Waals surface area contributed by atoms with Gasteiger partial charge in [-0.3, -0.25) is 9.59 Å². The van der Waals surface area contributed by atoms with Gasteiger partial charge >= 0.3 is 0 Å². The number of nitrogens with zero attached hydrogens (tertiary/aromatic N) is 3. The molecular weight excluding hydrogens is 443 g/mol. The van der Waals surface area contributed by atoms with Crippen LogP contribution in [0.25, 0.3) is 11.2 Å². The molecule has 0 radical (unpaired) electrons. The lowest BCUT2D eigenvalue weighted by Gasteiger charge is -2.09. The number of ketones is 1. The second kappa shape index (κ2) is 9.23. The van der Waals surface area contributed by atoms with Gasteiger partial charge in [0, 0.05) is 29.7 Å². The van der Waals surface area contributed by atoms with Crippen molar-refractivity contribution in [1.29, 1.82) is 0 Å². The summed E-state index contributed by atoms with van der Waals surface area (Å²) in [6, 6.07) is 22.1. The van der Waals surface area contributed by atoms with Crippen LogP contribution in [0, 0.1) is 12.7 Å². The van der Waals surface area contributed by atoms with Crippen molar-refractivity contribution in [2.45, 2.75) is 6.92 Å². The Morgan fingerprint density at radius 2 is 1.57 bits per heavy atom. The number of rotatable bonds is 6. The molecule has 0 unspecified atom stereocenters. The molecule has 0 aliphatic carbocycles. The Labute approximate surface area is 201 Å². The van der Waals surface area contributed by atoms with Crippen molar-refractivity contribution in [3.05, 3.63) is 131 Å². The minimum absolute atomic E-state index is 0.229. The van der Waals surface area contributed by atoms with E-state index in [9.17, 15) is 14.0 Å². The molecule has 7 heteroatoms. The number of amides is 1. The highest BCUT2D eigenvalue weighted by atomic mass is 19.1. The maximum absolute atomic E-state index is 13.4. The summed E-state index contributed by atoms with van der Waals surface area (Å²) in [6.07, 6.45) is 7.07. The monoisotopic (exact) mass is 464 g/mol. The maximum atomic E-state index is 13.4. The predicted molar refractivity (Wildman–Crippen MR) is 133 cm³/mol. The van der Waals surface area contributed by atoms with Gasteiger partial charge in [0.05, 0.1) is 28.7 Å². The van der Waals surface area contributed by atoms with Crippen molar-refractivity contribution >= 4 is 23.4 Å². The largest absolute Gasteiger partial charge is 0.323 e. The molecular formula is C28H21FN4O2. The first-order valence-corrected chi connectivity index (χ1v) is 11.0. The van der Waals surface area contributed by atoms with Crippen LogP contribution in [0.3, 0.4) is 0 Å². The Hall–Kier alpha value is -4.78. The fourth-order valence-electron chi connectivity index (χ4n) is 4.14. The van der Waals surface area contributed by atoms with Crippen LogP contribution in [0.2, 0.25) is 0 Å². The third-order valence-electron chi connectivity index (χ3n) is 5.85. The van der Waals surface area contributed by atoms with Crippen LogP contribution in [0.1, 0.15) is 37.5 Å². The third-order valence-corrected chi connectivity index (χ3v) is 5.85. The van der Waals surface area contributed by atoms with Gasteiger partial charge in [0.2, 0.25) is 5.78 Å². The van der Waals surface area contributed by atoms with Crippen molar-refractivity contribution < 1.29 is 14.0 Å². The number of aromatic nitrogens is 2. The number of hydrogen-bond donors (Lipinski definition) is 1. The molecule has 0 spiro atoms. The summed E-state index contributed by atoms with van der Waals surface area (Å²) in [5.74, 6) is -0.984. The lowest BCUT2D eigenvalue weighted by molar-refractivity contribution is 0.0954. The molecule has 1 N–H and O–H groups in total. The van der Waals surface area contributed by atoms with Gasteiger partial charge in [-0.05, 0) is 73.2 Å². The predicted octanol–water partition coefficient (Wildman–Crippen LogP) is 5.17. The quantitative estimate of drug-likeness (QED) is 0.214. The SMILES string of the molecule is Cc1c(/C=N/NC(=O)c2ccccc2-n2cccc2)c2ccccn2c1C(=O)c1ccc(F)cc1. The van der Waals surface area contributed by atoms with E-state index < -0.39 is 5.82 Å². The summed E-state index contributed by atoms with van der Waals surface area (Å²) < 4.78 is 17.0. The van der Waals surface area contributed by atoms with E-state index in [4.69, 9.17) is 0 Å². The lowest BCUT2D eigenvalue weighted by atomic mass is 10.0. The van der Waals surface area contributed by atoms with Gasteiger partial charge in [0.25, 0.3) is 5.91 Å². The molecule has 0 atom stereocenters. The van der Waals surface area contributed by atoms with Crippen LogP contribution in [0.15, 0.2) is 103 Å². The second-order valence-electron chi connectivity index (χ2n) is 7.99. The first kappa shape index (κ1) is 22.0. The van der Waals surface area contributed by atoms with Gasteiger partial charge in [0.1, 0.15) is 5.82 Å². The van der Waals surface area contributed by atoms with Crippen LogP contribution in [0.5, 0.6) is 0 Å². The zero-order valence-corrected chi connectivity index (χ0v) is 18.9. The third kappa shape index (κ3) is 4.15. The molecule has 0 bridgehead atoms. The number of carbonyl (C=O) groups is 2. The number of benzene rings is 2. The highest BCUT2D eigenvalue weighted by Crippen LogP contribution is 2.24. The first-order chi connectivity index (χ1) is 17.0. The number of nitrogens with one attached hydrogen (secondary N) is 1. The molecule has 5 aromatic rings. The molecule has 0 saturated carbocycles. The molecule has 0 aliphatic rings. The molecule has 0 aliphatic heterocycles. The van der Waals surface area contributed by atoms with E-state index in [1.165, 1.54) is 24.3 Å². The van der Waals surface area contributed by atoms with E-state index in [0.717, 1.165) is 11.2 Å². The number of carbonyl (C=O) groups excluding carboxylic acids is 2. The molecule has 3 aromatic heterocycles. The Morgan fingerprint density at radius 1 is 0.886 bits per heavy atom. The molecule has 3 heterocycles. The lowest BCUT2D eigenvalue weighted by Crippen LogP contribution is -2.19. The summed E-state index contributed by atoms with van der Waals surface area (Å²) in [4.78, 5) is 26.2. The second-order valence-corrected chi connectivity index (χ2v) is 7.99. The average Bonchev–Trinajstić information content (AvgIpc) is 3.51. The highest BCUT2D eigenvalue weighted by Gasteiger charge is 2.21. The zero-order chi connectivity index (χ0) is 24.4. The average molecular weight is 465 g/mol. The van der Waals surface area contributed by atoms with Crippen molar-refractivity contribution in [2.24, 2.45) is 5.10 Å². The smallest absolute Gasteiger partial charge is 0.273 e. The number of para-hydroxylation sites is 1. The van der Waals surface area contributed by atoms with Crippen LogP contribution >= 0.6 is 0 Å². The van der Waals surface area contributed by atoms with E-state index >= 15 is 0 Å². The van der Waals surface area contributed by atoms with Crippen LogP contribution in [0.4, 0.5) is 4.39 Å². The number of hydrazone groups is 1. The Kier molecular flexibility index (Phi) is 5.81. The molecule has 0 saturated heterocycles. The standard InChI is InChI=1S/C28H21FN4O2/c1-19-23(18-30-31-28(35)22-8-2-3-9-24(22)32-15-6-7-16-32)25-10-4-5-17-33(25)26(19)27(34)20-11-13-21(29)14-12-20/h2-18H,1H3,(H,31,35)/b30-18+. The minimum Gasteiger partial charge on any atom is -0.323 e. The fraction of sp³-hybridized carbons (Fsp3) is 0.0357.